The summed E-state index contributed by atoms with van der Waals surface area (Å²) in [6.07, 6.45) is 1.00. The van der Waals surface area contributed by atoms with E-state index in [1.54, 1.807) is 14.2 Å². The Balaban J connectivity index is 1.99. The van der Waals surface area contributed by atoms with Gasteiger partial charge < -0.3 is 29.6 Å². The van der Waals surface area contributed by atoms with Crippen molar-refractivity contribution < 1.29 is 18.9 Å². The first-order chi connectivity index (χ1) is 15.1. The number of anilines is 1. The molecule has 0 amide bonds. The zero-order valence-electron chi connectivity index (χ0n) is 19.0. The van der Waals surface area contributed by atoms with Crippen molar-refractivity contribution in [2.45, 2.75) is 32.9 Å². The van der Waals surface area contributed by atoms with Crippen LogP contribution in [-0.4, -0.2) is 52.6 Å². The average Bonchev–Trinajstić information content (AvgIpc) is 2.77. The van der Waals surface area contributed by atoms with Gasteiger partial charge in [0.1, 0.15) is 11.5 Å². The third-order valence-electron chi connectivity index (χ3n) is 4.28. The fourth-order valence-corrected chi connectivity index (χ4v) is 2.79. The fraction of sp³-hybridized carbons (Fsp3) is 0.458. The Morgan fingerprint density at radius 3 is 2.45 bits per heavy atom. The van der Waals surface area contributed by atoms with Crippen molar-refractivity contribution in [2.24, 2.45) is 4.99 Å². The van der Waals surface area contributed by atoms with Crippen LogP contribution in [0.5, 0.6) is 11.5 Å². The van der Waals surface area contributed by atoms with Crippen molar-refractivity contribution in [3.63, 3.8) is 0 Å². The van der Waals surface area contributed by atoms with Crippen LogP contribution in [0.3, 0.4) is 0 Å². The van der Waals surface area contributed by atoms with Crippen LogP contribution < -0.4 is 20.1 Å². The van der Waals surface area contributed by atoms with Crippen LogP contribution in [0.15, 0.2) is 53.5 Å². The van der Waals surface area contributed by atoms with Crippen LogP contribution in [-0.2, 0) is 16.0 Å². The summed E-state index contributed by atoms with van der Waals surface area (Å²) in [5, 5.41) is 6.73. The van der Waals surface area contributed by atoms with Crippen molar-refractivity contribution in [1.82, 2.24) is 5.32 Å². The molecule has 0 aromatic heterocycles. The third-order valence-corrected chi connectivity index (χ3v) is 4.28. The molecule has 2 N–H and O–H groups in total. The summed E-state index contributed by atoms with van der Waals surface area (Å²) in [4.78, 5) is 4.74. The zero-order chi connectivity index (χ0) is 22.3. The zero-order valence-corrected chi connectivity index (χ0v) is 19.0. The largest absolute Gasteiger partial charge is 0.496 e. The number of rotatable bonds is 13. The predicted molar refractivity (Wildman–Crippen MR) is 125 cm³/mol. The molecule has 0 aliphatic heterocycles. The Kier molecular flexibility index (Phi) is 11.3. The van der Waals surface area contributed by atoms with Crippen LogP contribution in [0.1, 0.15) is 25.8 Å². The van der Waals surface area contributed by atoms with Gasteiger partial charge in [0.15, 0.2) is 5.96 Å². The van der Waals surface area contributed by atoms with Gasteiger partial charge in [-0.2, -0.15) is 0 Å². The second-order valence-electron chi connectivity index (χ2n) is 7.18. The molecule has 0 saturated heterocycles. The van der Waals surface area contributed by atoms with Crippen molar-refractivity contribution in [3.8, 4) is 11.5 Å². The summed E-state index contributed by atoms with van der Waals surface area (Å²) in [6, 6.07) is 15.7. The minimum atomic E-state index is 0.143. The van der Waals surface area contributed by atoms with Crippen molar-refractivity contribution in [2.75, 3.05) is 45.9 Å². The molecule has 2 rings (SSSR count). The molecular weight excluding hydrogens is 394 g/mol. The molecule has 0 radical (unpaired) electrons. The maximum atomic E-state index is 5.71. The molecule has 0 spiro atoms. The molecule has 0 aliphatic carbocycles. The second-order valence-corrected chi connectivity index (χ2v) is 7.18. The summed E-state index contributed by atoms with van der Waals surface area (Å²) >= 11 is 0. The molecule has 7 heteroatoms. The summed E-state index contributed by atoms with van der Waals surface area (Å²) in [6.45, 7) is 7.13. The Hall–Kier alpha value is -2.77. The van der Waals surface area contributed by atoms with Gasteiger partial charge in [-0.25, -0.2) is 4.99 Å². The molecule has 2 aromatic carbocycles. The normalized spacial score (nSPS) is 11.5. The lowest BCUT2D eigenvalue weighted by atomic mass is 10.2. The molecule has 0 heterocycles. The highest BCUT2D eigenvalue weighted by molar-refractivity contribution is 5.93. The maximum absolute atomic E-state index is 5.71. The van der Waals surface area contributed by atoms with Crippen LogP contribution in [0.2, 0.25) is 0 Å². The minimum Gasteiger partial charge on any atom is -0.496 e. The van der Waals surface area contributed by atoms with Crippen molar-refractivity contribution in [1.29, 1.82) is 0 Å². The number of nitrogens with zero attached hydrogens (tertiary/aromatic N) is 1. The molecule has 7 nitrogen and oxygen atoms in total. The van der Waals surface area contributed by atoms with Crippen molar-refractivity contribution in [3.05, 3.63) is 54.1 Å². The van der Waals surface area contributed by atoms with E-state index < -0.39 is 0 Å². The van der Waals surface area contributed by atoms with E-state index in [-0.39, 0.29) is 6.10 Å². The molecular formula is C24H35N3O4. The van der Waals surface area contributed by atoms with Crippen molar-refractivity contribution >= 4 is 11.6 Å². The van der Waals surface area contributed by atoms with Crippen LogP contribution in [0.25, 0.3) is 0 Å². The average molecular weight is 430 g/mol. The maximum Gasteiger partial charge on any atom is 0.196 e. The number of ether oxygens (including phenoxy) is 4. The lowest BCUT2D eigenvalue weighted by Crippen LogP contribution is -2.32. The van der Waals surface area contributed by atoms with E-state index in [1.807, 2.05) is 62.4 Å². The van der Waals surface area contributed by atoms with Gasteiger partial charge in [-0.05, 0) is 50.6 Å². The van der Waals surface area contributed by atoms with Gasteiger partial charge in [0.2, 0.25) is 0 Å². The molecule has 170 valence electrons. The third kappa shape index (κ3) is 9.72. The van der Waals surface area contributed by atoms with E-state index >= 15 is 0 Å². The first-order valence-electron chi connectivity index (χ1n) is 10.6. The minimum absolute atomic E-state index is 0.143. The highest BCUT2D eigenvalue weighted by Gasteiger charge is 2.05. The van der Waals surface area contributed by atoms with Crippen LogP contribution >= 0.6 is 0 Å². The van der Waals surface area contributed by atoms with Gasteiger partial charge in [0.05, 0.1) is 33.0 Å². The Morgan fingerprint density at radius 2 is 1.74 bits per heavy atom. The van der Waals surface area contributed by atoms with Gasteiger partial charge in [0.25, 0.3) is 0 Å². The van der Waals surface area contributed by atoms with E-state index in [1.165, 1.54) is 0 Å². The van der Waals surface area contributed by atoms with Gasteiger partial charge in [0, 0.05) is 31.5 Å². The molecule has 0 atom stereocenters. The first kappa shape index (κ1) is 24.5. The SMILES string of the molecule is COCCOCCCNC(=NCc1ccccc1OC)Nc1ccc(OC(C)C)cc1. The smallest absolute Gasteiger partial charge is 0.196 e. The second kappa shape index (κ2) is 14.3. The van der Waals surface area contributed by atoms with E-state index in [2.05, 4.69) is 10.6 Å². The standard InChI is InChI=1S/C24H35N3O4/c1-19(2)31-22-12-10-21(11-13-22)27-24(25-14-7-15-30-17-16-28-3)26-18-20-8-5-6-9-23(20)29-4/h5-6,8-13,19H,7,14-18H2,1-4H3,(H2,25,26,27). The van der Waals surface area contributed by atoms with Gasteiger partial charge in [-0.3, -0.25) is 0 Å². The number of nitrogens with one attached hydrogen (secondary N) is 2. The molecule has 0 unspecified atom stereocenters. The summed E-state index contributed by atoms with van der Waals surface area (Å²) in [7, 11) is 3.34. The first-order valence-corrected chi connectivity index (χ1v) is 10.6. The number of methoxy groups -OCH3 is 2. The topological polar surface area (TPSA) is 73.3 Å². The van der Waals surface area contributed by atoms with Gasteiger partial charge >= 0.3 is 0 Å². The van der Waals surface area contributed by atoms with E-state index in [0.29, 0.717) is 32.3 Å². The lowest BCUT2D eigenvalue weighted by molar-refractivity contribution is 0.0699. The number of hydrogen-bond acceptors (Lipinski definition) is 5. The predicted octanol–water partition coefficient (Wildman–Crippen LogP) is 4.09. The number of guanidine groups is 1. The van der Waals surface area contributed by atoms with E-state index in [9.17, 15) is 0 Å². The summed E-state index contributed by atoms with van der Waals surface area (Å²) < 4.78 is 21.7. The quantitative estimate of drug-likeness (QED) is 0.284. The molecule has 0 fully saturated rings. The van der Waals surface area contributed by atoms with Crippen LogP contribution in [0, 0.1) is 0 Å². The van der Waals surface area contributed by atoms with E-state index in [0.717, 1.165) is 35.7 Å². The molecule has 31 heavy (non-hydrogen) atoms. The number of benzene rings is 2. The highest BCUT2D eigenvalue weighted by atomic mass is 16.5. The Bertz CT molecular complexity index is 779. The summed E-state index contributed by atoms with van der Waals surface area (Å²) in [5.74, 6) is 2.36. The highest BCUT2D eigenvalue weighted by Crippen LogP contribution is 2.19. The Labute approximate surface area is 185 Å². The number of aliphatic imine (C=N–C) groups is 1. The lowest BCUT2D eigenvalue weighted by Gasteiger charge is -2.15. The molecule has 0 bridgehead atoms. The van der Waals surface area contributed by atoms with E-state index in [4.69, 9.17) is 23.9 Å². The number of para-hydroxylation sites is 1. The molecule has 0 saturated carbocycles. The summed E-state index contributed by atoms with van der Waals surface area (Å²) in [5.41, 5.74) is 1.95. The fourth-order valence-electron chi connectivity index (χ4n) is 2.79. The number of hydrogen-bond donors (Lipinski definition) is 2. The van der Waals surface area contributed by atoms with Gasteiger partial charge in [-0.1, -0.05) is 18.2 Å². The van der Waals surface area contributed by atoms with Gasteiger partial charge in [-0.15, -0.1) is 0 Å². The Morgan fingerprint density at radius 1 is 0.968 bits per heavy atom. The molecule has 2 aromatic rings. The monoisotopic (exact) mass is 429 g/mol. The van der Waals surface area contributed by atoms with Crippen LogP contribution in [0.4, 0.5) is 5.69 Å². The molecule has 0 aliphatic rings.